The number of nitrogens with zero attached hydrogens (tertiary/aromatic N) is 7. The summed E-state index contributed by atoms with van der Waals surface area (Å²) in [5.74, 6) is 1.69. The molecule has 0 aromatic carbocycles. The molecule has 0 radical (unpaired) electrons. The van der Waals surface area contributed by atoms with Crippen LogP contribution in [0.5, 0.6) is 0 Å². The lowest BCUT2D eigenvalue weighted by atomic mass is 9.77. The van der Waals surface area contributed by atoms with Crippen molar-refractivity contribution >= 4 is 5.95 Å². The van der Waals surface area contributed by atoms with Gasteiger partial charge in [-0.15, -0.1) is 0 Å². The van der Waals surface area contributed by atoms with E-state index in [0.717, 1.165) is 54.5 Å². The van der Waals surface area contributed by atoms with Gasteiger partial charge in [0.15, 0.2) is 0 Å². The molecule has 4 heterocycles. The Bertz CT molecular complexity index is 1010. The van der Waals surface area contributed by atoms with Crippen LogP contribution >= 0.6 is 0 Å². The molecule has 1 saturated heterocycles. The number of hydrogen-bond donors (Lipinski definition) is 1. The first kappa shape index (κ1) is 18.2. The topological polar surface area (TPSA) is 92.9 Å². The van der Waals surface area contributed by atoms with Crippen molar-refractivity contribution in [2.45, 2.75) is 38.8 Å². The van der Waals surface area contributed by atoms with Crippen LogP contribution in [0.15, 0.2) is 37.1 Å². The van der Waals surface area contributed by atoms with Gasteiger partial charge >= 0.3 is 0 Å². The molecule has 0 amide bonds. The third-order valence-corrected chi connectivity index (χ3v) is 6.31. The van der Waals surface area contributed by atoms with Crippen LogP contribution in [0.4, 0.5) is 5.95 Å². The second-order valence-electron chi connectivity index (χ2n) is 8.23. The summed E-state index contributed by atoms with van der Waals surface area (Å²) in [6.45, 7) is 5.78. The van der Waals surface area contributed by atoms with Crippen LogP contribution < -0.4 is 4.90 Å². The number of rotatable bonds is 3. The number of aliphatic hydroxyl groups is 1. The van der Waals surface area contributed by atoms with Crippen molar-refractivity contribution in [3.63, 3.8) is 0 Å². The van der Waals surface area contributed by atoms with Crippen molar-refractivity contribution in [3.05, 3.63) is 48.4 Å². The minimum Gasteiger partial charge on any atom is -0.391 e. The van der Waals surface area contributed by atoms with E-state index in [1.54, 1.807) is 11.0 Å². The van der Waals surface area contributed by atoms with Gasteiger partial charge in [-0.2, -0.15) is 5.10 Å². The molecule has 0 spiro atoms. The molecule has 8 heteroatoms. The lowest BCUT2D eigenvalue weighted by Gasteiger charge is -2.34. The summed E-state index contributed by atoms with van der Waals surface area (Å²) in [6, 6.07) is 6.02. The molecule has 4 atom stereocenters. The number of anilines is 1. The van der Waals surface area contributed by atoms with E-state index in [2.05, 4.69) is 31.0 Å². The van der Waals surface area contributed by atoms with Crippen LogP contribution in [0.3, 0.4) is 0 Å². The molecule has 0 unspecified atom stereocenters. The van der Waals surface area contributed by atoms with Gasteiger partial charge in [0.1, 0.15) is 12.7 Å². The maximum atomic E-state index is 10.6. The Morgan fingerprint density at radius 3 is 2.62 bits per heavy atom. The molecule has 8 nitrogen and oxygen atoms in total. The zero-order valence-electron chi connectivity index (χ0n) is 16.7. The average Bonchev–Trinajstić information content (AvgIpc) is 3.37. The van der Waals surface area contributed by atoms with Crippen LogP contribution in [-0.2, 0) is 0 Å². The molecule has 0 bridgehead atoms. The number of aromatic nitrogens is 6. The Morgan fingerprint density at radius 2 is 1.86 bits per heavy atom. The van der Waals surface area contributed by atoms with Gasteiger partial charge in [0.25, 0.3) is 0 Å². The van der Waals surface area contributed by atoms with Crippen LogP contribution in [0, 0.1) is 25.7 Å². The highest BCUT2D eigenvalue weighted by molar-refractivity contribution is 5.62. The molecule has 1 saturated carbocycles. The van der Waals surface area contributed by atoms with Gasteiger partial charge in [0, 0.05) is 36.2 Å². The summed E-state index contributed by atoms with van der Waals surface area (Å²) < 4.78 is 1.80. The number of hydrogen-bond acceptors (Lipinski definition) is 7. The van der Waals surface area contributed by atoms with Gasteiger partial charge in [-0.25, -0.2) is 19.6 Å². The molecule has 5 rings (SSSR count). The second-order valence-corrected chi connectivity index (χ2v) is 8.23. The molecule has 1 aliphatic carbocycles. The third kappa shape index (κ3) is 3.37. The summed E-state index contributed by atoms with van der Waals surface area (Å²) in [5.41, 5.74) is 3.92. The molecule has 150 valence electrons. The highest BCUT2D eigenvalue weighted by atomic mass is 16.3. The molecule has 3 aromatic rings. The Kier molecular flexibility index (Phi) is 4.50. The maximum Gasteiger partial charge on any atom is 0.225 e. The standard InChI is InChI=1S/C21H25N7O/c1-13-3-4-17(14(2)25-13)18-5-6-23-21(26-18)27-9-15-7-19(28-12-22-11-24-28)20(29)8-16(15)10-27/h3-6,11-12,15-16,19-20,29H,7-10H2,1-2H3/t15-,16+,19-,20-/m1/s1. The van der Waals surface area contributed by atoms with E-state index in [1.165, 1.54) is 6.33 Å². The minimum atomic E-state index is -0.397. The normalized spacial score (nSPS) is 26.5. The minimum absolute atomic E-state index is 0.00719. The number of aliphatic hydroxyl groups excluding tert-OH is 1. The maximum absolute atomic E-state index is 10.6. The summed E-state index contributed by atoms with van der Waals surface area (Å²) in [5, 5.41) is 14.9. The van der Waals surface area contributed by atoms with Crippen molar-refractivity contribution < 1.29 is 5.11 Å². The van der Waals surface area contributed by atoms with E-state index in [0.29, 0.717) is 11.8 Å². The Balaban J connectivity index is 1.37. The molecule has 29 heavy (non-hydrogen) atoms. The van der Waals surface area contributed by atoms with Gasteiger partial charge in [0.2, 0.25) is 5.95 Å². The summed E-state index contributed by atoms with van der Waals surface area (Å²) in [6.07, 6.45) is 6.32. The van der Waals surface area contributed by atoms with Gasteiger partial charge < -0.3 is 10.0 Å². The van der Waals surface area contributed by atoms with Crippen molar-refractivity contribution in [2.24, 2.45) is 11.8 Å². The summed E-state index contributed by atoms with van der Waals surface area (Å²) in [7, 11) is 0. The number of aryl methyl sites for hydroxylation is 2. The largest absolute Gasteiger partial charge is 0.391 e. The molecular formula is C21H25N7O. The smallest absolute Gasteiger partial charge is 0.225 e. The fraction of sp³-hybridized carbons (Fsp3) is 0.476. The zero-order chi connectivity index (χ0) is 20.0. The quantitative estimate of drug-likeness (QED) is 0.731. The molecule has 1 aliphatic heterocycles. The second kappa shape index (κ2) is 7.18. The van der Waals surface area contributed by atoms with Crippen LogP contribution in [0.2, 0.25) is 0 Å². The van der Waals surface area contributed by atoms with Crippen LogP contribution in [0.25, 0.3) is 11.3 Å². The first-order chi connectivity index (χ1) is 14.1. The first-order valence-corrected chi connectivity index (χ1v) is 10.1. The van der Waals surface area contributed by atoms with Gasteiger partial charge in [0.05, 0.1) is 17.8 Å². The van der Waals surface area contributed by atoms with Crippen LogP contribution in [0.1, 0.15) is 30.3 Å². The lowest BCUT2D eigenvalue weighted by molar-refractivity contribution is 0.0305. The van der Waals surface area contributed by atoms with E-state index in [4.69, 9.17) is 4.98 Å². The Hall–Kier alpha value is -2.87. The average molecular weight is 391 g/mol. The SMILES string of the molecule is Cc1ccc(-c2ccnc(N3C[C@H]4C[C@@H](n5cncn5)[C@H](O)C[C@H]4C3)n2)c(C)n1. The highest BCUT2D eigenvalue weighted by Gasteiger charge is 2.43. The first-order valence-electron chi connectivity index (χ1n) is 10.1. The highest BCUT2D eigenvalue weighted by Crippen LogP contribution is 2.41. The van der Waals surface area contributed by atoms with E-state index in [1.807, 2.05) is 32.2 Å². The third-order valence-electron chi connectivity index (χ3n) is 6.31. The van der Waals surface area contributed by atoms with Crippen molar-refractivity contribution in [1.82, 2.24) is 29.7 Å². The summed E-state index contributed by atoms with van der Waals surface area (Å²) >= 11 is 0. The van der Waals surface area contributed by atoms with Gasteiger partial charge in [-0.05, 0) is 56.7 Å². The fourth-order valence-electron chi connectivity index (χ4n) is 4.85. The van der Waals surface area contributed by atoms with Crippen LogP contribution in [-0.4, -0.2) is 54.0 Å². The van der Waals surface area contributed by atoms with E-state index >= 15 is 0 Å². The van der Waals surface area contributed by atoms with Crippen molar-refractivity contribution in [3.8, 4) is 11.3 Å². The molecular weight excluding hydrogens is 366 g/mol. The predicted molar refractivity (Wildman–Crippen MR) is 108 cm³/mol. The van der Waals surface area contributed by atoms with E-state index in [-0.39, 0.29) is 6.04 Å². The predicted octanol–water partition coefficient (Wildman–Crippen LogP) is 2.20. The zero-order valence-corrected chi connectivity index (χ0v) is 16.7. The van der Waals surface area contributed by atoms with E-state index < -0.39 is 6.10 Å². The number of pyridine rings is 1. The fourth-order valence-corrected chi connectivity index (χ4v) is 4.85. The van der Waals surface area contributed by atoms with Gasteiger partial charge in [-0.1, -0.05) is 0 Å². The molecule has 2 fully saturated rings. The Morgan fingerprint density at radius 1 is 1.03 bits per heavy atom. The summed E-state index contributed by atoms with van der Waals surface area (Å²) in [4.78, 5) is 20.2. The number of fused-ring (bicyclic) bond motifs is 1. The monoisotopic (exact) mass is 391 g/mol. The van der Waals surface area contributed by atoms with Crippen molar-refractivity contribution in [1.29, 1.82) is 0 Å². The molecule has 1 N–H and O–H groups in total. The van der Waals surface area contributed by atoms with Crippen molar-refractivity contribution in [2.75, 3.05) is 18.0 Å². The van der Waals surface area contributed by atoms with Gasteiger partial charge in [-0.3, -0.25) is 4.98 Å². The lowest BCUT2D eigenvalue weighted by Crippen LogP contribution is -2.36. The molecule has 2 aliphatic rings. The molecule has 3 aromatic heterocycles. The Labute approximate surface area is 169 Å². The van der Waals surface area contributed by atoms with E-state index in [9.17, 15) is 5.11 Å².